The van der Waals surface area contributed by atoms with Crippen LogP contribution < -0.4 is 0 Å². The predicted octanol–water partition coefficient (Wildman–Crippen LogP) is 2.24. The monoisotopic (exact) mass is 286 g/mol. The molecule has 0 aliphatic carbocycles. The molecule has 0 radical (unpaired) electrons. The van der Waals surface area contributed by atoms with Crippen molar-refractivity contribution in [3.05, 3.63) is 53.1 Å². The van der Waals surface area contributed by atoms with Gasteiger partial charge in [-0.2, -0.15) is 0 Å². The van der Waals surface area contributed by atoms with Gasteiger partial charge in [-0.15, -0.1) is 0 Å². The average molecular weight is 287 g/mol. The Balaban J connectivity index is 2.27. The van der Waals surface area contributed by atoms with Gasteiger partial charge in [-0.3, -0.25) is 0 Å². The fourth-order valence-corrected chi connectivity index (χ4v) is 2.61. The zero-order valence-electron chi connectivity index (χ0n) is 9.05. The standard InChI is InChI=1S/C11H8ClFN2O2S/c12-9-5-14-11(15-6-9)18(16,17)7-8-1-3-10(13)4-2-8/h1-6H,7H2. The Kier molecular flexibility index (Phi) is 3.58. The molecular weight excluding hydrogens is 279 g/mol. The fraction of sp³-hybridized carbons (Fsp3) is 0.0909. The molecule has 1 aromatic carbocycles. The molecule has 2 rings (SSSR count). The topological polar surface area (TPSA) is 59.9 Å². The largest absolute Gasteiger partial charge is 0.247 e. The van der Waals surface area contributed by atoms with E-state index in [1.165, 1.54) is 36.7 Å². The van der Waals surface area contributed by atoms with Crippen LogP contribution in [0, 0.1) is 5.82 Å². The first kappa shape index (κ1) is 12.9. The molecule has 0 atom stereocenters. The Labute approximate surface area is 108 Å². The van der Waals surface area contributed by atoms with Gasteiger partial charge in [0, 0.05) is 0 Å². The maximum atomic E-state index is 12.7. The van der Waals surface area contributed by atoms with Crippen LogP contribution in [0.25, 0.3) is 0 Å². The lowest BCUT2D eigenvalue weighted by Gasteiger charge is -2.03. The van der Waals surface area contributed by atoms with Crippen molar-refractivity contribution in [2.75, 3.05) is 0 Å². The van der Waals surface area contributed by atoms with Gasteiger partial charge in [0.05, 0.1) is 23.2 Å². The van der Waals surface area contributed by atoms with E-state index in [2.05, 4.69) is 9.97 Å². The molecule has 0 aliphatic rings. The predicted molar refractivity (Wildman–Crippen MR) is 64.3 cm³/mol. The lowest BCUT2D eigenvalue weighted by molar-refractivity contribution is 0.585. The number of rotatable bonds is 3. The molecule has 94 valence electrons. The summed E-state index contributed by atoms with van der Waals surface area (Å²) < 4.78 is 36.6. The summed E-state index contributed by atoms with van der Waals surface area (Å²) in [5.41, 5.74) is 0.468. The Bertz CT molecular complexity index is 642. The van der Waals surface area contributed by atoms with Crippen molar-refractivity contribution >= 4 is 21.4 Å². The average Bonchev–Trinajstić information content (AvgIpc) is 2.32. The molecule has 1 heterocycles. The fourth-order valence-electron chi connectivity index (χ4n) is 1.33. The summed E-state index contributed by atoms with van der Waals surface area (Å²) in [6.07, 6.45) is 2.43. The third-order valence-electron chi connectivity index (χ3n) is 2.14. The minimum absolute atomic E-state index is 0.260. The summed E-state index contributed by atoms with van der Waals surface area (Å²) in [4.78, 5) is 7.32. The number of aromatic nitrogens is 2. The van der Waals surface area contributed by atoms with Crippen LogP contribution >= 0.6 is 11.6 Å². The Morgan fingerprint density at radius 1 is 1.11 bits per heavy atom. The van der Waals surface area contributed by atoms with Crippen LogP contribution in [0.5, 0.6) is 0 Å². The number of halogens is 2. The molecule has 0 N–H and O–H groups in total. The van der Waals surface area contributed by atoms with Crippen LogP contribution in [-0.2, 0) is 15.6 Å². The third-order valence-corrected chi connectivity index (χ3v) is 3.82. The van der Waals surface area contributed by atoms with E-state index in [0.717, 1.165) is 0 Å². The van der Waals surface area contributed by atoms with Gasteiger partial charge in [0.1, 0.15) is 5.82 Å². The van der Waals surface area contributed by atoms with Crippen molar-refractivity contribution in [2.24, 2.45) is 0 Å². The maximum absolute atomic E-state index is 12.7. The molecule has 4 nitrogen and oxygen atoms in total. The van der Waals surface area contributed by atoms with Gasteiger partial charge in [-0.25, -0.2) is 22.8 Å². The summed E-state index contributed by atoms with van der Waals surface area (Å²) in [5, 5.41) is -0.0352. The summed E-state index contributed by atoms with van der Waals surface area (Å²) in [6.45, 7) is 0. The van der Waals surface area contributed by atoms with E-state index in [-0.39, 0.29) is 15.9 Å². The van der Waals surface area contributed by atoms with E-state index in [9.17, 15) is 12.8 Å². The minimum atomic E-state index is -3.65. The lowest BCUT2D eigenvalue weighted by Crippen LogP contribution is -2.09. The molecule has 0 unspecified atom stereocenters. The normalized spacial score (nSPS) is 11.4. The molecule has 0 saturated heterocycles. The smallest absolute Gasteiger partial charge is 0.225 e. The van der Waals surface area contributed by atoms with Crippen molar-refractivity contribution < 1.29 is 12.8 Å². The molecule has 18 heavy (non-hydrogen) atoms. The van der Waals surface area contributed by atoms with E-state index in [4.69, 9.17) is 11.6 Å². The second kappa shape index (κ2) is 4.99. The molecule has 0 spiro atoms. The molecule has 0 fully saturated rings. The Morgan fingerprint density at radius 2 is 1.67 bits per heavy atom. The zero-order valence-corrected chi connectivity index (χ0v) is 10.6. The van der Waals surface area contributed by atoms with Crippen molar-refractivity contribution in [1.29, 1.82) is 0 Å². The Morgan fingerprint density at radius 3 is 2.22 bits per heavy atom. The molecule has 7 heteroatoms. The molecule has 0 aliphatic heterocycles. The first-order valence-electron chi connectivity index (χ1n) is 4.92. The highest BCUT2D eigenvalue weighted by Gasteiger charge is 2.18. The van der Waals surface area contributed by atoms with Gasteiger partial charge in [0.15, 0.2) is 0 Å². The lowest BCUT2D eigenvalue weighted by atomic mass is 10.2. The summed E-state index contributed by atoms with van der Waals surface area (Å²) in [5.74, 6) is -0.701. The van der Waals surface area contributed by atoms with Gasteiger partial charge >= 0.3 is 0 Å². The van der Waals surface area contributed by atoms with Gasteiger partial charge in [-0.05, 0) is 17.7 Å². The summed E-state index contributed by atoms with van der Waals surface area (Å²) >= 11 is 5.58. The van der Waals surface area contributed by atoms with E-state index in [1.807, 2.05) is 0 Å². The maximum Gasteiger partial charge on any atom is 0.247 e. The minimum Gasteiger partial charge on any atom is -0.225 e. The third kappa shape index (κ3) is 3.02. The van der Waals surface area contributed by atoms with Crippen molar-refractivity contribution in [2.45, 2.75) is 10.9 Å². The quantitative estimate of drug-likeness (QED) is 0.812. The van der Waals surface area contributed by atoms with E-state index in [0.29, 0.717) is 5.56 Å². The van der Waals surface area contributed by atoms with Crippen LogP contribution in [0.2, 0.25) is 5.02 Å². The first-order valence-corrected chi connectivity index (χ1v) is 6.95. The second-order valence-corrected chi connectivity index (χ2v) is 5.89. The first-order chi connectivity index (χ1) is 8.47. The van der Waals surface area contributed by atoms with Gasteiger partial charge in [-0.1, -0.05) is 23.7 Å². The van der Waals surface area contributed by atoms with Gasteiger partial charge in [0.2, 0.25) is 15.0 Å². The number of sulfone groups is 1. The van der Waals surface area contributed by atoms with Gasteiger partial charge in [0.25, 0.3) is 0 Å². The SMILES string of the molecule is O=S(=O)(Cc1ccc(F)cc1)c1ncc(Cl)cn1. The van der Waals surface area contributed by atoms with Gasteiger partial charge < -0.3 is 0 Å². The van der Waals surface area contributed by atoms with E-state index in [1.54, 1.807) is 0 Å². The number of nitrogens with zero attached hydrogens (tertiary/aromatic N) is 2. The van der Waals surface area contributed by atoms with Crippen molar-refractivity contribution in [1.82, 2.24) is 9.97 Å². The number of hydrogen-bond donors (Lipinski definition) is 0. The highest BCUT2D eigenvalue weighted by Crippen LogP contribution is 2.14. The molecule has 0 bridgehead atoms. The molecular formula is C11H8ClFN2O2S. The van der Waals surface area contributed by atoms with Crippen LogP contribution in [-0.4, -0.2) is 18.4 Å². The summed E-state index contributed by atoms with van der Waals surface area (Å²) in [6, 6.07) is 5.22. The Hall–Kier alpha value is -1.53. The van der Waals surface area contributed by atoms with Crippen LogP contribution in [0.15, 0.2) is 41.8 Å². The van der Waals surface area contributed by atoms with E-state index < -0.39 is 15.7 Å². The number of hydrogen-bond acceptors (Lipinski definition) is 4. The van der Waals surface area contributed by atoms with Crippen molar-refractivity contribution in [3.8, 4) is 0 Å². The highest BCUT2D eigenvalue weighted by atomic mass is 35.5. The summed E-state index contributed by atoms with van der Waals surface area (Å²) in [7, 11) is -3.65. The molecule has 1 aromatic heterocycles. The van der Waals surface area contributed by atoms with Crippen LogP contribution in [0.3, 0.4) is 0 Å². The van der Waals surface area contributed by atoms with Crippen LogP contribution in [0.4, 0.5) is 4.39 Å². The van der Waals surface area contributed by atoms with E-state index >= 15 is 0 Å². The molecule has 0 saturated carbocycles. The second-order valence-electron chi connectivity index (χ2n) is 3.57. The van der Waals surface area contributed by atoms with Crippen molar-refractivity contribution in [3.63, 3.8) is 0 Å². The van der Waals surface area contributed by atoms with Crippen LogP contribution in [0.1, 0.15) is 5.56 Å². The number of benzene rings is 1. The highest BCUT2D eigenvalue weighted by molar-refractivity contribution is 7.90. The molecule has 0 amide bonds. The molecule has 2 aromatic rings. The zero-order chi connectivity index (χ0) is 13.2.